The van der Waals surface area contributed by atoms with Gasteiger partial charge < -0.3 is 4.74 Å². The number of halogens is 1. The number of rotatable bonds is 7. The minimum absolute atomic E-state index is 0.566. The first-order valence-corrected chi connectivity index (χ1v) is 6.69. The minimum Gasteiger partial charge on any atom is -0.383 e. The molecule has 0 aliphatic carbocycles. The zero-order valence-corrected chi connectivity index (χ0v) is 11.7. The third-order valence-electron chi connectivity index (χ3n) is 2.16. The molecule has 0 bridgehead atoms. The normalized spacial score (nSPS) is 10.6. The largest absolute Gasteiger partial charge is 0.383 e. The SMILES string of the molecule is COCCN(CCC#N)Cc1ccc(Br)s1. The molecule has 0 radical (unpaired) electrons. The molecule has 3 nitrogen and oxygen atoms in total. The van der Waals surface area contributed by atoms with Crippen molar-refractivity contribution in [1.82, 2.24) is 4.90 Å². The van der Waals surface area contributed by atoms with Crippen LogP contribution in [0.15, 0.2) is 15.9 Å². The van der Waals surface area contributed by atoms with Gasteiger partial charge >= 0.3 is 0 Å². The first-order chi connectivity index (χ1) is 7.76. The van der Waals surface area contributed by atoms with Crippen LogP contribution < -0.4 is 0 Å². The highest BCUT2D eigenvalue weighted by Crippen LogP contribution is 2.23. The van der Waals surface area contributed by atoms with E-state index in [0.29, 0.717) is 13.0 Å². The molecule has 0 atom stereocenters. The molecule has 0 amide bonds. The quantitative estimate of drug-likeness (QED) is 0.777. The summed E-state index contributed by atoms with van der Waals surface area (Å²) in [6, 6.07) is 6.34. The van der Waals surface area contributed by atoms with E-state index in [4.69, 9.17) is 10.00 Å². The van der Waals surface area contributed by atoms with E-state index in [1.807, 2.05) is 0 Å². The summed E-state index contributed by atoms with van der Waals surface area (Å²) in [6.07, 6.45) is 0.566. The summed E-state index contributed by atoms with van der Waals surface area (Å²) in [7, 11) is 1.70. The second-order valence-corrected chi connectivity index (χ2v) is 5.93. The molecule has 0 aliphatic rings. The lowest BCUT2D eigenvalue weighted by molar-refractivity contribution is 0.146. The molecule has 5 heteroatoms. The molecule has 0 spiro atoms. The van der Waals surface area contributed by atoms with Gasteiger partial charge in [-0.25, -0.2) is 0 Å². The van der Waals surface area contributed by atoms with Gasteiger partial charge in [-0.05, 0) is 28.1 Å². The maximum absolute atomic E-state index is 8.60. The Balaban J connectivity index is 2.45. The van der Waals surface area contributed by atoms with Crippen LogP contribution in [0.5, 0.6) is 0 Å². The van der Waals surface area contributed by atoms with Crippen molar-refractivity contribution < 1.29 is 4.74 Å². The van der Waals surface area contributed by atoms with Crippen LogP contribution in [0.2, 0.25) is 0 Å². The molecule has 0 saturated heterocycles. The van der Waals surface area contributed by atoms with E-state index in [1.54, 1.807) is 18.4 Å². The highest BCUT2D eigenvalue weighted by Gasteiger charge is 2.07. The van der Waals surface area contributed by atoms with Crippen molar-refractivity contribution >= 4 is 27.3 Å². The van der Waals surface area contributed by atoms with Gasteiger partial charge in [-0.3, -0.25) is 4.90 Å². The van der Waals surface area contributed by atoms with E-state index in [9.17, 15) is 0 Å². The molecule has 1 heterocycles. The fourth-order valence-electron chi connectivity index (χ4n) is 1.36. The summed E-state index contributed by atoms with van der Waals surface area (Å²) in [4.78, 5) is 3.55. The molecule has 0 aromatic carbocycles. The third-order valence-corrected chi connectivity index (χ3v) is 3.77. The van der Waals surface area contributed by atoms with Gasteiger partial charge in [0, 0.05) is 38.0 Å². The monoisotopic (exact) mass is 302 g/mol. The number of thiophene rings is 1. The van der Waals surface area contributed by atoms with Crippen LogP contribution in [-0.4, -0.2) is 31.7 Å². The lowest BCUT2D eigenvalue weighted by Gasteiger charge is -2.19. The number of methoxy groups -OCH3 is 1. The van der Waals surface area contributed by atoms with Crippen LogP contribution in [0.25, 0.3) is 0 Å². The molecule has 0 N–H and O–H groups in total. The van der Waals surface area contributed by atoms with E-state index in [1.165, 1.54) is 4.88 Å². The number of ether oxygens (including phenoxy) is 1. The Morgan fingerprint density at radius 2 is 2.31 bits per heavy atom. The van der Waals surface area contributed by atoms with Crippen LogP contribution in [0.4, 0.5) is 0 Å². The van der Waals surface area contributed by atoms with Gasteiger partial charge in [0.05, 0.1) is 16.5 Å². The summed E-state index contributed by atoms with van der Waals surface area (Å²) in [6.45, 7) is 3.27. The predicted molar refractivity (Wildman–Crippen MR) is 69.4 cm³/mol. The maximum atomic E-state index is 8.60. The van der Waals surface area contributed by atoms with Crippen LogP contribution in [0.3, 0.4) is 0 Å². The van der Waals surface area contributed by atoms with E-state index < -0.39 is 0 Å². The van der Waals surface area contributed by atoms with Crippen molar-refractivity contribution in [2.75, 3.05) is 26.8 Å². The van der Waals surface area contributed by atoms with E-state index in [-0.39, 0.29) is 0 Å². The summed E-state index contributed by atoms with van der Waals surface area (Å²) >= 11 is 5.18. The van der Waals surface area contributed by atoms with Crippen LogP contribution >= 0.6 is 27.3 Å². The standard InChI is InChI=1S/C11H15BrN2OS/c1-15-8-7-14(6-2-5-13)9-10-3-4-11(12)16-10/h3-4H,2,6-9H2,1H3. The number of nitrogens with zero attached hydrogens (tertiary/aromatic N) is 2. The predicted octanol–water partition coefficient (Wildman–Crippen LogP) is 2.87. The topological polar surface area (TPSA) is 36.3 Å². The fourth-order valence-corrected chi connectivity index (χ4v) is 2.88. The highest BCUT2D eigenvalue weighted by molar-refractivity contribution is 9.11. The first kappa shape index (κ1) is 13.7. The molecule has 0 fully saturated rings. The minimum atomic E-state index is 0.566. The molecule has 1 rings (SSSR count). The molecule has 0 saturated carbocycles. The average molecular weight is 303 g/mol. The second kappa shape index (κ2) is 7.80. The Bertz CT molecular complexity index is 348. The van der Waals surface area contributed by atoms with Gasteiger partial charge in [-0.1, -0.05) is 0 Å². The lowest BCUT2D eigenvalue weighted by atomic mass is 10.3. The summed E-state index contributed by atoms with van der Waals surface area (Å²) < 4.78 is 6.21. The maximum Gasteiger partial charge on any atom is 0.0701 e. The zero-order valence-electron chi connectivity index (χ0n) is 9.28. The van der Waals surface area contributed by atoms with Crippen molar-refractivity contribution in [3.63, 3.8) is 0 Å². The van der Waals surface area contributed by atoms with E-state index in [2.05, 4.69) is 39.0 Å². The smallest absolute Gasteiger partial charge is 0.0701 e. The molecule has 88 valence electrons. The molecule has 1 aromatic heterocycles. The van der Waals surface area contributed by atoms with Crippen molar-refractivity contribution in [3.8, 4) is 6.07 Å². The Hall–Kier alpha value is -0.410. The average Bonchev–Trinajstić information content (AvgIpc) is 2.68. The van der Waals surface area contributed by atoms with Gasteiger partial charge in [0.15, 0.2) is 0 Å². The Morgan fingerprint density at radius 3 is 2.88 bits per heavy atom. The summed E-state index contributed by atoms with van der Waals surface area (Å²) in [5.41, 5.74) is 0. The van der Waals surface area contributed by atoms with E-state index >= 15 is 0 Å². The Labute approximate surface area is 109 Å². The number of hydrogen-bond donors (Lipinski definition) is 0. The fraction of sp³-hybridized carbons (Fsp3) is 0.545. The molecular weight excluding hydrogens is 288 g/mol. The third kappa shape index (κ3) is 5.08. The van der Waals surface area contributed by atoms with Gasteiger partial charge in [0.2, 0.25) is 0 Å². The van der Waals surface area contributed by atoms with Gasteiger partial charge in [0.25, 0.3) is 0 Å². The molecule has 1 aromatic rings. The van der Waals surface area contributed by atoms with Gasteiger partial charge in [0.1, 0.15) is 0 Å². The molecule has 0 unspecified atom stereocenters. The van der Waals surface area contributed by atoms with Gasteiger partial charge in [-0.15, -0.1) is 11.3 Å². The Kier molecular flexibility index (Phi) is 6.65. The second-order valence-electron chi connectivity index (χ2n) is 3.38. The summed E-state index contributed by atoms with van der Waals surface area (Å²) in [5.74, 6) is 0. The Morgan fingerprint density at radius 1 is 1.50 bits per heavy atom. The lowest BCUT2D eigenvalue weighted by Crippen LogP contribution is -2.27. The summed E-state index contributed by atoms with van der Waals surface area (Å²) in [5, 5.41) is 8.60. The van der Waals surface area contributed by atoms with Crippen LogP contribution in [-0.2, 0) is 11.3 Å². The molecule has 0 aliphatic heterocycles. The van der Waals surface area contributed by atoms with Gasteiger partial charge in [-0.2, -0.15) is 5.26 Å². The van der Waals surface area contributed by atoms with Crippen molar-refractivity contribution in [3.05, 3.63) is 20.8 Å². The number of hydrogen-bond acceptors (Lipinski definition) is 4. The highest BCUT2D eigenvalue weighted by atomic mass is 79.9. The van der Waals surface area contributed by atoms with Crippen molar-refractivity contribution in [1.29, 1.82) is 5.26 Å². The van der Waals surface area contributed by atoms with Crippen molar-refractivity contribution in [2.24, 2.45) is 0 Å². The van der Waals surface area contributed by atoms with Crippen molar-refractivity contribution in [2.45, 2.75) is 13.0 Å². The van der Waals surface area contributed by atoms with Crippen LogP contribution in [0, 0.1) is 11.3 Å². The first-order valence-electron chi connectivity index (χ1n) is 5.08. The van der Waals surface area contributed by atoms with E-state index in [0.717, 1.165) is 23.4 Å². The number of nitriles is 1. The zero-order chi connectivity index (χ0) is 11.8. The van der Waals surface area contributed by atoms with Crippen LogP contribution in [0.1, 0.15) is 11.3 Å². The molecule has 16 heavy (non-hydrogen) atoms. The molecular formula is C11H15BrN2OS.